The second-order valence-corrected chi connectivity index (χ2v) is 6.08. The van der Waals surface area contributed by atoms with E-state index in [0.717, 1.165) is 0 Å². The molecule has 0 saturated carbocycles. The standard InChI is InChI=1S/C15H14ClN5O2S/c1-3-21-15(23)13-10(7-24-11(13)6-19-21)20-9-4-12(16)18-5-8(9)14(22)17-2/h4-7H,3H2,1-2H3,(H,17,22)(H,18,20)/i2D3. The number of nitrogens with zero attached hydrogens (tertiary/aromatic N) is 3. The SMILES string of the molecule is [2H]C([2H])([2H])NC(=O)c1cnc(Cl)cc1Nc1csc2cnn(CC)c(=O)c12. The van der Waals surface area contributed by atoms with Crippen LogP contribution in [0.3, 0.4) is 0 Å². The van der Waals surface area contributed by atoms with Gasteiger partial charge < -0.3 is 10.6 Å². The molecule has 0 radical (unpaired) electrons. The molecule has 3 aromatic heterocycles. The molecule has 0 unspecified atom stereocenters. The van der Waals surface area contributed by atoms with Gasteiger partial charge in [-0.05, 0) is 13.0 Å². The molecule has 7 nitrogen and oxygen atoms in total. The molecule has 3 rings (SSSR count). The first-order valence-electron chi connectivity index (χ1n) is 8.42. The fourth-order valence-electron chi connectivity index (χ4n) is 2.24. The number of aromatic nitrogens is 3. The number of fused-ring (bicyclic) bond motifs is 1. The highest BCUT2D eigenvalue weighted by Gasteiger charge is 2.15. The zero-order chi connectivity index (χ0) is 19.8. The van der Waals surface area contributed by atoms with Crippen LogP contribution in [0, 0.1) is 0 Å². The Morgan fingerprint density at radius 2 is 2.29 bits per heavy atom. The molecule has 1 amide bonds. The molecule has 0 atom stereocenters. The smallest absolute Gasteiger partial charge is 0.277 e. The van der Waals surface area contributed by atoms with Crippen molar-refractivity contribution in [3.63, 3.8) is 0 Å². The number of carbonyl (C=O) groups excluding carboxylic acids is 1. The monoisotopic (exact) mass is 366 g/mol. The van der Waals surface area contributed by atoms with Gasteiger partial charge in [-0.3, -0.25) is 9.59 Å². The predicted octanol–water partition coefficient (Wildman–Crippen LogP) is 2.63. The molecular weight excluding hydrogens is 350 g/mol. The molecule has 0 aliphatic rings. The van der Waals surface area contributed by atoms with Crippen LogP contribution in [0.4, 0.5) is 11.4 Å². The maximum atomic E-state index is 12.6. The topological polar surface area (TPSA) is 88.9 Å². The van der Waals surface area contributed by atoms with Gasteiger partial charge in [-0.1, -0.05) is 11.6 Å². The van der Waals surface area contributed by atoms with E-state index in [1.807, 2.05) is 5.32 Å². The van der Waals surface area contributed by atoms with E-state index >= 15 is 0 Å². The van der Waals surface area contributed by atoms with Gasteiger partial charge in [0.05, 0.1) is 33.2 Å². The number of anilines is 2. The molecule has 24 heavy (non-hydrogen) atoms. The van der Waals surface area contributed by atoms with E-state index in [9.17, 15) is 9.59 Å². The number of aryl methyl sites for hydroxylation is 1. The van der Waals surface area contributed by atoms with Crippen molar-refractivity contribution in [3.8, 4) is 0 Å². The maximum Gasteiger partial charge on any atom is 0.277 e. The average molecular weight is 367 g/mol. The van der Waals surface area contributed by atoms with Crippen molar-refractivity contribution >= 4 is 50.3 Å². The lowest BCUT2D eigenvalue weighted by Gasteiger charge is -2.10. The van der Waals surface area contributed by atoms with Crippen LogP contribution in [0.1, 0.15) is 21.4 Å². The number of rotatable bonds is 4. The normalized spacial score (nSPS) is 13.2. The van der Waals surface area contributed by atoms with Gasteiger partial charge in [-0.15, -0.1) is 11.3 Å². The molecule has 0 fully saturated rings. The number of nitrogens with one attached hydrogen (secondary N) is 2. The maximum absolute atomic E-state index is 12.6. The third kappa shape index (κ3) is 2.85. The highest BCUT2D eigenvalue weighted by atomic mass is 35.5. The van der Waals surface area contributed by atoms with Gasteiger partial charge in [-0.25, -0.2) is 9.67 Å². The van der Waals surface area contributed by atoms with Crippen LogP contribution in [-0.2, 0) is 6.54 Å². The lowest BCUT2D eigenvalue weighted by atomic mass is 10.2. The second kappa shape index (κ2) is 6.58. The third-order valence-electron chi connectivity index (χ3n) is 3.38. The molecule has 124 valence electrons. The fourth-order valence-corrected chi connectivity index (χ4v) is 3.24. The Morgan fingerprint density at radius 3 is 3.04 bits per heavy atom. The lowest BCUT2D eigenvalue weighted by molar-refractivity contribution is 0.0963. The number of amides is 1. The first kappa shape index (κ1) is 12.9. The molecule has 0 saturated heterocycles. The highest BCUT2D eigenvalue weighted by molar-refractivity contribution is 7.17. The highest BCUT2D eigenvalue weighted by Crippen LogP contribution is 2.31. The lowest BCUT2D eigenvalue weighted by Crippen LogP contribution is -2.22. The van der Waals surface area contributed by atoms with E-state index in [0.29, 0.717) is 22.3 Å². The number of thiophene rings is 1. The van der Waals surface area contributed by atoms with E-state index < -0.39 is 12.9 Å². The summed E-state index contributed by atoms with van der Waals surface area (Å²) in [6, 6.07) is 1.39. The molecule has 9 heteroatoms. The van der Waals surface area contributed by atoms with Crippen molar-refractivity contribution in [1.82, 2.24) is 20.1 Å². The van der Waals surface area contributed by atoms with Gasteiger partial charge in [-0.2, -0.15) is 5.10 Å². The summed E-state index contributed by atoms with van der Waals surface area (Å²) >= 11 is 7.24. The first-order chi connectivity index (χ1) is 12.7. The molecule has 2 N–H and O–H groups in total. The number of halogens is 1. The molecular formula is C15H14ClN5O2S. The van der Waals surface area contributed by atoms with Crippen molar-refractivity contribution in [2.24, 2.45) is 0 Å². The van der Waals surface area contributed by atoms with Crippen LogP contribution in [0.25, 0.3) is 10.1 Å². The van der Waals surface area contributed by atoms with E-state index in [1.54, 1.807) is 18.5 Å². The van der Waals surface area contributed by atoms with Crippen molar-refractivity contribution in [3.05, 3.63) is 44.9 Å². The summed E-state index contributed by atoms with van der Waals surface area (Å²) < 4.78 is 23.6. The van der Waals surface area contributed by atoms with Crippen molar-refractivity contribution in [2.45, 2.75) is 13.5 Å². The molecule has 0 spiro atoms. The zero-order valence-electron chi connectivity index (χ0n) is 15.5. The summed E-state index contributed by atoms with van der Waals surface area (Å²) in [5.74, 6) is -0.839. The zero-order valence-corrected chi connectivity index (χ0v) is 14.0. The fraction of sp³-hybridized carbons (Fsp3) is 0.200. The minimum Gasteiger partial charge on any atom is -0.355 e. The summed E-state index contributed by atoms with van der Waals surface area (Å²) in [6.07, 6.45) is 2.77. The van der Waals surface area contributed by atoms with Crippen molar-refractivity contribution in [2.75, 3.05) is 12.3 Å². The van der Waals surface area contributed by atoms with Crippen molar-refractivity contribution in [1.29, 1.82) is 0 Å². The van der Waals surface area contributed by atoms with Gasteiger partial charge >= 0.3 is 0 Å². The molecule has 0 bridgehead atoms. The van der Waals surface area contributed by atoms with E-state index in [4.69, 9.17) is 15.7 Å². The van der Waals surface area contributed by atoms with Crippen molar-refractivity contribution < 1.29 is 8.91 Å². The van der Waals surface area contributed by atoms with Gasteiger partial charge in [0, 0.05) is 29.2 Å². The Bertz CT molecular complexity index is 1080. The average Bonchev–Trinajstić information content (AvgIpc) is 2.97. The number of hydrogen-bond donors (Lipinski definition) is 2. The van der Waals surface area contributed by atoms with Crippen LogP contribution in [0.2, 0.25) is 5.15 Å². The van der Waals surface area contributed by atoms with E-state index in [-0.39, 0.29) is 22.0 Å². The largest absolute Gasteiger partial charge is 0.355 e. The minimum atomic E-state index is -2.65. The van der Waals surface area contributed by atoms with Crippen LogP contribution in [0.5, 0.6) is 0 Å². The summed E-state index contributed by atoms with van der Waals surface area (Å²) in [5, 5.41) is 11.2. The second-order valence-electron chi connectivity index (χ2n) is 4.79. The quantitative estimate of drug-likeness (QED) is 0.693. The molecule has 0 aliphatic heterocycles. The summed E-state index contributed by atoms with van der Waals surface area (Å²) in [7, 11) is 0. The predicted molar refractivity (Wildman–Crippen MR) is 95.5 cm³/mol. The molecule has 0 aromatic carbocycles. The molecule has 0 aliphatic carbocycles. The van der Waals surface area contributed by atoms with Crippen LogP contribution < -0.4 is 16.2 Å². The van der Waals surface area contributed by atoms with Crippen LogP contribution in [-0.4, -0.2) is 27.6 Å². The number of carbonyl (C=O) groups is 1. The Kier molecular flexibility index (Phi) is 3.54. The Hall–Kier alpha value is -2.45. The van der Waals surface area contributed by atoms with Gasteiger partial charge in [0.15, 0.2) is 0 Å². The number of pyridine rings is 1. The van der Waals surface area contributed by atoms with Crippen LogP contribution >= 0.6 is 22.9 Å². The van der Waals surface area contributed by atoms with E-state index in [1.165, 1.54) is 28.3 Å². The third-order valence-corrected chi connectivity index (χ3v) is 4.50. The van der Waals surface area contributed by atoms with Gasteiger partial charge in [0.1, 0.15) is 5.15 Å². The molecule has 3 heterocycles. The summed E-state index contributed by atoms with van der Waals surface area (Å²) in [6.45, 7) is -0.430. The summed E-state index contributed by atoms with van der Waals surface area (Å²) in [4.78, 5) is 28.7. The first-order valence-corrected chi connectivity index (χ1v) is 8.17. The molecule has 3 aromatic rings. The Labute approximate surface area is 150 Å². The van der Waals surface area contributed by atoms with Crippen LogP contribution in [0.15, 0.2) is 28.6 Å². The van der Waals surface area contributed by atoms with E-state index in [2.05, 4.69) is 15.4 Å². The summed E-state index contributed by atoms with van der Waals surface area (Å²) in [5.41, 5.74) is 0.414. The number of hydrogen-bond acceptors (Lipinski definition) is 6. The Morgan fingerprint density at radius 1 is 1.46 bits per heavy atom. The van der Waals surface area contributed by atoms with Gasteiger partial charge in [0.2, 0.25) is 0 Å². The van der Waals surface area contributed by atoms with Gasteiger partial charge in [0.25, 0.3) is 11.5 Å². The Balaban J connectivity index is 2.06. The minimum absolute atomic E-state index is 0.0141.